The average molecular weight is 420 g/mol. The Labute approximate surface area is 166 Å². The van der Waals surface area contributed by atoms with Gasteiger partial charge in [-0.3, -0.25) is 4.79 Å². The summed E-state index contributed by atoms with van der Waals surface area (Å²) in [5, 5.41) is 6.08. The molecule has 0 radical (unpaired) electrons. The minimum atomic E-state index is -3.87. The van der Waals surface area contributed by atoms with Crippen molar-refractivity contribution in [2.75, 3.05) is 26.2 Å². The Morgan fingerprint density at radius 1 is 1.33 bits per heavy atom. The maximum atomic E-state index is 14.1. The largest absolute Gasteiger partial charge is 0.354 e. The van der Waals surface area contributed by atoms with Crippen LogP contribution in [0.25, 0.3) is 0 Å². The van der Waals surface area contributed by atoms with Gasteiger partial charge >= 0.3 is 0 Å². The highest BCUT2D eigenvalue weighted by atomic mass is 35.5. The van der Waals surface area contributed by atoms with Crippen LogP contribution in [-0.4, -0.2) is 50.9 Å². The Morgan fingerprint density at radius 2 is 2.11 bits per heavy atom. The molecule has 2 aliphatic heterocycles. The minimum absolute atomic E-state index is 0. The summed E-state index contributed by atoms with van der Waals surface area (Å²) in [7, 11) is -3.87. The summed E-state index contributed by atoms with van der Waals surface area (Å²) in [5.74, 6) is -0.706. The Balaban J connectivity index is 0.00000261. The third-order valence-corrected chi connectivity index (χ3v) is 7.01. The molecule has 0 spiro atoms. The number of nitrogens with zero attached hydrogens (tertiary/aromatic N) is 1. The van der Waals surface area contributed by atoms with E-state index in [1.807, 2.05) is 0 Å². The predicted octanol–water partition coefficient (Wildman–Crippen LogP) is 1.82. The number of rotatable bonds is 5. The van der Waals surface area contributed by atoms with Gasteiger partial charge in [-0.25, -0.2) is 12.8 Å². The standard InChI is InChI=1S/C18H26FN3O3S.ClH/c1-13-6-7-15(19)17(10-13)26(24,25)22-9-3-4-14(12-22)11-21-18(23)16-5-2-8-20-16;/h6-7,10,14,16,20H,2-5,8-9,11-12H2,1H3,(H,21,23);1H. The van der Waals surface area contributed by atoms with Crippen molar-refractivity contribution in [2.45, 2.75) is 43.5 Å². The predicted molar refractivity (Wildman–Crippen MR) is 104 cm³/mol. The van der Waals surface area contributed by atoms with E-state index in [0.717, 1.165) is 25.8 Å². The zero-order chi connectivity index (χ0) is 18.7. The van der Waals surface area contributed by atoms with Gasteiger partial charge in [-0.15, -0.1) is 12.4 Å². The topological polar surface area (TPSA) is 78.5 Å². The molecule has 0 bridgehead atoms. The third kappa shape index (κ3) is 5.19. The molecule has 0 aliphatic carbocycles. The van der Waals surface area contributed by atoms with Crippen molar-refractivity contribution in [2.24, 2.45) is 5.92 Å². The lowest BCUT2D eigenvalue weighted by Gasteiger charge is -2.32. The second kappa shape index (κ2) is 9.32. The number of halogens is 2. The molecule has 0 aromatic heterocycles. The van der Waals surface area contributed by atoms with Gasteiger partial charge in [0.05, 0.1) is 6.04 Å². The summed E-state index contributed by atoms with van der Waals surface area (Å²) in [6.07, 6.45) is 3.38. The van der Waals surface area contributed by atoms with Crippen molar-refractivity contribution in [1.82, 2.24) is 14.9 Å². The fourth-order valence-corrected chi connectivity index (χ4v) is 5.34. The molecule has 1 amide bonds. The van der Waals surface area contributed by atoms with E-state index in [2.05, 4.69) is 10.6 Å². The molecule has 152 valence electrons. The molecule has 2 fully saturated rings. The van der Waals surface area contributed by atoms with E-state index in [9.17, 15) is 17.6 Å². The van der Waals surface area contributed by atoms with E-state index in [-0.39, 0.29) is 35.2 Å². The second-order valence-electron chi connectivity index (χ2n) is 7.20. The van der Waals surface area contributed by atoms with Crippen LogP contribution in [0.2, 0.25) is 0 Å². The number of sulfonamides is 1. The molecular formula is C18H27ClFN3O3S. The first kappa shape index (κ1) is 22.1. The first-order valence-electron chi connectivity index (χ1n) is 9.15. The molecule has 2 atom stereocenters. The summed E-state index contributed by atoms with van der Waals surface area (Å²) in [6, 6.07) is 3.99. The lowest BCUT2D eigenvalue weighted by molar-refractivity contribution is -0.123. The molecule has 1 aromatic carbocycles. The Kier molecular flexibility index (Phi) is 7.62. The van der Waals surface area contributed by atoms with E-state index in [1.165, 1.54) is 16.4 Å². The maximum Gasteiger partial charge on any atom is 0.246 e. The van der Waals surface area contributed by atoms with Gasteiger partial charge in [-0.1, -0.05) is 6.07 Å². The van der Waals surface area contributed by atoms with Crippen LogP contribution in [0.4, 0.5) is 4.39 Å². The zero-order valence-electron chi connectivity index (χ0n) is 15.4. The fraction of sp³-hybridized carbons (Fsp3) is 0.611. The number of piperidine rings is 1. The molecule has 6 nitrogen and oxygen atoms in total. The molecule has 2 saturated heterocycles. The van der Waals surface area contributed by atoms with Crippen LogP contribution < -0.4 is 10.6 Å². The summed E-state index contributed by atoms with van der Waals surface area (Å²) in [4.78, 5) is 11.8. The molecule has 2 heterocycles. The molecule has 1 aromatic rings. The van der Waals surface area contributed by atoms with Crippen molar-refractivity contribution in [1.29, 1.82) is 0 Å². The summed E-state index contributed by atoms with van der Waals surface area (Å²) in [6.45, 7) is 3.72. The molecule has 3 rings (SSSR count). The molecule has 2 N–H and O–H groups in total. The Hall–Kier alpha value is -1.22. The molecule has 2 aliphatic rings. The molecular weight excluding hydrogens is 393 g/mol. The van der Waals surface area contributed by atoms with E-state index >= 15 is 0 Å². The van der Waals surface area contributed by atoms with Gasteiger partial charge in [0.15, 0.2) is 0 Å². The highest BCUT2D eigenvalue weighted by molar-refractivity contribution is 7.89. The zero-order valence-corrected chi connectivity index (χ0v) is 17.0. The highest BCUT2D eigenvalue weighted by Gasteiger charge is 2.32. The van der Waals surface area contributed by atoms with E-state index < -0.39 is 15.8 Å². The Bertz CT molecular complexity index is 769. The number of benzene rings is 1. The second-order valence-corrected chi connectivity index (χ2v) is 9.11. The summed E-state index contributed by atoms with van der Waals surface area (Å²) in [5.41, 5.74) is 0.704. The lowest BCUT2D eigenvalue weighted by atomic mass is 9.99. The van der Waals surface area contributed by atoms with Gasteiger partial charge in [0, 0.05) is 19.6 Å². The van der Waals surface area contributed by atoms with E-state index in [1.54, 1.807) is 13.0 Å². The van der Waals surface area contributed by atoms with Crippen LogP contribution in [0.3, 0.4) is 0 Å². The van der Waals surface area contributed by atoms with E-state index in [0.29, 0.717) is 31.6 Å². The summed E-state index contributed by atoms with van der Waals surface area (Å²) >= 11 is 0. The number of carbonyl (C=O) groups is 1. The number of hydrogen-bond acceptors (Lipinski definition) is 4. The van der Waals surface area contributed by atoms with Gasteiger partial charge in [0.2, 0.25) is 15.9 Å². The Morgan fingerprint density at radius 3 is 2.81 bits per heavy atom. The van der Waals surface area contributed by atoms with Crippen LogP contribution in [0.5, 0.6) is 0 Å². The fourth-order valence-electron chi connectivity index (χ4n) is 3.64. The van der Waals surface area contributed by atoms with Crippen molar-refractivity contribution in [3.8, 4) is 0 Å². The lowest BCUT2D eigenvalue weighted by Crippen LogP contribution is -2.46. The monoisotopic (exact) mass is 419 g/mol. The SMILES string of the molecule is Cc1ccc(F)c(S(=O)(=O)N2CCCC(CNC(=O)C3CCCN3)C2)c1.Cl. The summed E-state index contributed by atoms with van der Waals surface area (Å²) < 4.78 is 41.1. The smallest absolute Gasteiger partial charge is 0.246 e. The van der Waals surface area contributed by atoms with Gasteiger partial charge < -0.3 is 10.6 Å². The van der Waals surface area contributed by atoms with Crippen LogP contribution in [-0.2, 0) is 14.8 Å². The number of hydrogen-bond donors (Lipinski definition) is 2. The van der Waals surface area contributed by atoms with Gasteiger partial charge in [0.1, 0.15) is 10.7 Å². The first-order valence-corrected chi connectivity index (χ1v) is 10.6. The van der Waals surface area contributed by atoms with Crippen LogP contribution >= 0.6 is 12.4 Å². The van der Waals surface area contributed by atoms with Crippen LogP contribution in [0.15, 0.2) is 23.1 Å². The van der Waals surface area contributed by atoms with Gasteiger partial charge in [0.25, 0.3) is 0 Å². The normalized spacial score (nSPS) is 23.6. The average Bonchev–Trinajstić information content (AvgIpc) is 3.16. The molecule has 9 heteroatoms. The first-order chi connectivity index (χ1) is 12.4. The number of nitrogens with one attached hydrogen (secondary N) is 2. The minimum Gasteiger partial charge on any atom is -0.354 e. The molecule has 0 saturated carbocycles. The van der Waals surface area contributed by atoms with Crippen molar-refractivity contribution >= 4 is 28.3 Å². The van der Waals surface area contributed by atoms with Crippen LogP contribution in [0, 0.1) is 18.7 Å². The van der Waals surface area contributed by atoms with Gasteiger partial charge in [-0.2, -0.15) is 4.31 Å². The van der Waals surface area contributed by atoms with E-state index in [4.69, 9.17) is 0 Å². The molecule has 27 heavy (non-hydrogen) atoms. The third-order valence-electron chi connectivity index (χ3n) is 5.13. The van der Waals surface area contributed by atoms with Gasteiger partial charge in [-0.05, 0) is 62.8 Å². The maximum absolute atomic E-state index is 14.1. The van der Waals surface area contributed by atoms with Crippen molar-refractivity contribution in [3.63, 3.8) is 0 Å². The number of carbonyl (C=O) groups excluding carboxylic acids is 1. The quantitative estimate of drug-likeness (QED) is 0.763. The number of aryl methyl sites for hydroxylation is 1. The van der Waals surface area contributed by atoms with Crippen LogP contribution in [0.1, 0.15) is 31.2 Å². The number of amides is 1. The highest BCUT2D eigenvalue weighted by Crippen LogP contribution is 2.26. The molecule has 2 unspecified atom stereocenters. The van der Waals surface area contributed by atoms with Crippen molar-refractivity contribution < 1.29 is 17.6 Å². The van der Waals surface area contributed by atoms with Crippen molar-refractivity contribution in [3.05, 3.63) is 29.6 Å².